The zero-order valence-corrected chi connectivity index (χ0v) is 11.0. The van der Waals surface area contributed by atoms with Crippen LogP contribution < -0.4 is 4.74 Å². The molecule has 1 N–H and O–H groups in total. The van der Waals surface area contributed by atoms with Crippen LogP contribution in [0.25, 0.3) is 11.3 Å². The lowest BCUT2D eigenvalue weighted by Crippen LogP contribution is -2.07. The van der Waals surface area contributed by atoms with Gasteiger partial charge in [0.15, 0.2) is 0 Å². The van der Waals surface area contributed by atoms with E-state index in [2.05, 4.69) is 9.97 Å². The van der Waals surface area contributed by atoms with Gasteiger partial charge in [0.1, 0.15) is 5.82 Å². The van der Waals surface area contributed by atoms with Gasteiger partial charge in [-0.2, -0.15) is 0 Å². The molecule has 20 heavy (non-hydrogen) atoms. The Balaban J connectivity index is 2.36. The van der Waals surface area contributed by atoms with E-state index in [1.165, 1.54) is 24.5 Å². The van der Waals surface area contributed by atoms with Crippen molar-refractivity contribution in [1.82, 2.24) is 9.97 Å². The van der Waals surface area contributed by atoms with Crippen LogP contribution >= 0.6 is 0 Å². The fourth-order valence-electron chi connectivity index (χ4n) is 1.63. The highest BCUT2D eigenvalue weighted by Crippen LogP contribution is 2.21. The van der Waals surface area contributed by atoms with Gasteiger partial charge in [0, 0.05) is 5.56 Å². The van der Waals surface area contributed by atoms with Crippen molar-refractivity contribution in [2.75, 3.05) is 0 Å². The number of nitrogens with zero attached hydrogens (tertiary/aromatic N) is 2. The smallest absolute Gasteiger partial charge is 0.338 e. The number of carboxylic acid groups (broad SMARTS) is 1. The van der Waals surface area contributed by atoms with Gasteiger partial charge in [0.05, 0.1) is 29.8 Å². The van der Waals surface area contributed by atoms with Gasteiger partial charge in [-0.25, -0.2) is 14.2 Å². The lowest BCUT2D eigenvalue weighted by molar-refractivity contribution is 0.0692. The summed E-state index contributed by atoms with van der Waals surface area (Å²) in [5, 5.41) is 8.78. The molecule has 2 rings (SSSR count). The van der Waals surface area contributed by atoms with Gasteiger partial charge >= 0.3 is 5.97 Å². The molecule has 2 aromatic rings. The van der Waals surface area contributed by atoms with E-state index in [0.717, 1.165) is 6.07 Å². The summed E-state index contributed by atoms with van der Waals surface area (Å²) in [5.41, 5.74) is 0.476. The van der Waals surface area contributed by atoms with Crippen molar-refractivity contribution >= 4 is 5.97 Å². The predicted octanol–water partition coefficient (Wildman–Crippen LogP) is 2.77. The fourth-order valence-corrected chi connectivity index (χ4v) is 1.63. The molecular formula is C14H13FN2O3. The molecule has 0 saturated heterocycles. The van der Waals surface area contributed by atoms with Crippen molar-refractivity contribution in [3.63, 3.8) is 0 Å². The van der Waals surface area contributed by atoms with E-state index < -0.39 is 11.8 Å². The van der Waals surface area contributed by atoms with E-state index in [1.54, 1.807) is 0 Å². The molecular weight excluding hydrogens is 263 g/mol. The van der Waals surface area contributed by atoms with Crippen molar-refractivity contribution in [1.29, 1.82) is 0 Å². The quantitative estimate of drug-likeness (QED) is 0.929. The minimum Gasteiger partial charge on any atom is -0.478 e. The van der Waals surface area contributed by atoms with Crippen LogP contribution in [-0.2, 0) is 0 Å². The predicted molar refractivity (Wildman–Crippen MR) is 70.1 cm³/mol. The van der Waals surface area contributed by atoms with E-state index in [1.807, 2.05) is 13.8 Å². The minimum atomic E-state index is -1.31. The maximum atomic E-state index is 13.6. The van der Waals surface area contributed by atoms with Crippen molar-refractivity contribution in [3.05, 3.63) is 42.0 Å². The highest BCUT2D eigenvalue weighted by atomic mass is 19.1. The number of hydrogen-bond acceptors (Lipinski definition) is 4. The molecule has 0 aliphatic rings. The summed E-state index contributed by atoms with van der Waals surface area (Å²) >= 11 is 0. The standard InChI is InChI=1S/C14H13FN2O3/c1-8(2)20-13-7-16-6-12(17-13)9-3-4-10(14(18)19)11(15)5-9/h3-8H,1-2H3,(H,18,19). The molecule has 5 nitrogen and oxygen atoms in total. The van der Waals surface area contributed by atoms with E-state index in [9.17, 15) is 9.18 Å². The zero-order valence-electron chi connectivity index (χ0n) is 11.0. The minimum absolute atomic E-state index is 0.0503. The third kappa shape index (κ3) is 3.09. The average Bonchev–Trinajstić information content (AvgIpc) is 2.37. The van der Waals surface area contributed by atoms with Crippen LogP contribution in [0.2, 0.25) is 0 Å². The van der Waals surface area contributed by atoms with Crippen LogP contribution in [-0.4, -0.2) is 27.1 Å². The Bertz CT molecular complexity index is 644. The number of aromatic carboxylic acids is 1. The van der Waals surface area contributed by atoms with Crippen LogP contribution in [0.3, 0.4) is 0 Å². The fraction of sp³-hybridized carbons (Fsp3) is 0.214. The molecule has 1 heterocycles. The molecule has 0 aliphatic carbocycles. The van der Waals surface area contributed by atoms with Crippen LogP contribution in [0.5, 0.6) is 5.88 Å². The average molecular weight is 276 g/mol. The van der Waals surface area contributed by atoms with Crippen molar-refractivity contribution < 1.29 is 19.0 Å². The largest absolute Gasteiger partial charge is 0.478 e. The summed E-state index contributed by atoms with van der Waals surface area (Å²) in [7, 11) is 0. The number of aromatic nitrogens is 2. The summed E-state index contributed by atoms with van der Waals surface area (Å²) in [6, 6.07) is 3.80. The number of carbonyl (C=O) groups is 1. The van der Waals surface area contributed by atoms with E-state index >= 15 is 0 Å². The molecule has 0 spiro atoms. The SMILES string of the molecule is CC(C)Oc1cncc(-c2ccc(C(=O)O)c(F)c2)n1. The van der Waals surface area contributed by atoms with Gasteiger partial charge in [-0.3, -0.25) is 4.98 Å². The second kappa shape index (κ2) is 5.64. The Labute approximate surface area is 115 Å². The number of rotatable bonds is 4. The molecule has 0 atom stereocenters. The Morgan fingerprint density at radius 1 is 1.35 bits per heavy atom. The van der Waals surface area contributed by atoms with Gasteiger partial charge in [-0.15, -0.1) is 0 Å². The van der Waals surface area contributed by atoms with Crippen LogP contribution in [0, 0.1) is 5.82 Å². The van der Waals surface area contributed by atoms with Crippen LogP contribution in [0.15, 0.2) is 30.6 Å². The Morgan fingerprint density at radius 2 is 2.10 bits per heavy atom. The summed E-state index contributed by atoms with van der Waals surface area (Å²) in [5.74, 6) is -1.79. The molecule has 0 radical (unpaired) electrons. The van der Waals surface area contributed by atoms with Crippen molar-refractivity contribution in [2.24, 2.45) is 0 Å². The maximum Gasteiger partial charge on any atom is 0.338 e. The van der Waals surface area contributed by atoms with E-state index in [4.69, 9.17) is 9.84 Å². The second-order valence-electron chi connectivity index (χ2n) is 4.41. The summed E-state index contributed by atoms with van der Waals surface area (Å²) in [6.45, 7) is 3.71. The van der Waals surface area contributed by atoms with Crippen molar-refractivity contribution in [3.8, 4) is 17.1 Å². The first-order chi connectivity index (χ1) is 9.47. The first kappa shape index (κ1) is 13.9. The second-order valence-corrected chi connectivity index (χ2v) is 4.41. The number of carboxylic acids is 1. The Hall–Kier alpha value is -2.50. The first-order valence-electron chi connectivity index (χ1n) is 5.99. The third-order valence-corrected chi connectivity index (χ3v) is 2.46. The van der Waals surface area contributed by atoms with Gasteiger partial charge < -0.3 is 9.84 Å². The van der Waals surface area contributed by atoms with E-state index in [-0.39, 0.29) is 11.7 Å². The van der Waals surface area contributed by atoms with Gasteiger partial charge in [-0.05, 0) is 26.0 Å². The molecule has 0 aliphatic heterocycles. The Morgan fingerprint density at radius 3 is 2.70 bits per heavy atom. The zero-order chi connectivity index (χ0) is 14.7. The van der Waals surface area contributed by atoms with Gasteiger partial charge in [0.2, 0.25) is 5.88 Å². The molecule has 1 aromatic carbocycles. The highest BCUT2D eigenvalue weighted by Gasteiger charge is 2.12. The molecule has 0 amide bonds. The molecule has 1 aromatic heterocycles. The lowest BCUT2D eigenvalue weighted by Gasteiger charge is -2.09. The number of halogens is 1. The first-order valence-corrected chi connectivity index (χ1v) is 5.99. The lowest BCUT2D eigenvalue weighted by atomic mass is 10.1. The molecule has 6 heteroatoms. The Kier molecular flexibility index (Phi) is 3.93. The number of benzene rings is 1. The van der Waals surface area contributed by atoms with Crippen LogP contribution in [0.4, 0.5) is 4.39 Å². The molecule has 0 saturated carbocycles. The summed E-state index contributed by atoms with van der Waals surface area (Å²) in [4.78, 5) is 18.9. The highest BCUT2D eigenvalue weighted by molar-refractivity contribution is 5.88. The molecule has 104 valence electrons. The molecule has 0 unspecified atom stereocenters. The molecule has 0 fully saturated rings. The van der Waals surface area contributed by atoms with Gasteiger partial charge in [-0.1, -0.05) is 6.07 Å². The van der Waals surface area contributed by atoms with Crippen molar-refractivity contribution in [2.45, 2.75) is 20.0 Å². The van der Waals surface area contributed by atoms with E-state index in [0.29, 0.717) is 17.1 Å². The topological polar surface area (TPSA) is 72.3 Å². The van der Waals surface area contributed by atoms with Gasteiger partial charge in [0.25, 0.3) is 0 Å². The third-order valence-electron chi connectivity index (χ3n) is 2.46. The maximum absolute atomic E-state index is 13.6. The monoisotopic (exact) mass is 276 g/mol. The van der Waals surface area contributed by atoms with Crippen LogP contribution in [0.1, 0.15) is 24.2 Å². The normalized spacial score (nSPS) is 10.6. The number of hydrogen-bond donors (Lipinski definition) is 1. The number of ether oxygens (including phenoxy) is 1. The summed E-state index contributed by atoms with van der Waals surface area (Å²) in [6.07, 6.45) is 2.87. The summed E-state index contributed by atoms with van der Waals surface area (Å²) < 4.78 is 19.0. The molecule has 0 bridgehead atoms.